The van der Waals surface area contributed by atoms with Gasteiger partial charge in [-0.1, -0.05) is 20.8 Å². The number of aromatic amines is 3. The van der Waals surface area contributed by atoms with E-state index >= 15 is 0 Å². The number of nitrogens with one attached hydrogen (secondary N) is 9. The zero-order chi connectivity index (χ0) is 42.3. The van der Waals surface area contributed by atoms with Gasteiger partial charge in [-0.2, -0.15) is 0 Å². The summed E-state index contributed by atoms with van der Waals surface area (Å²) < 4.78 is 0. The van der Waals surface area contributed by atoms with Gasteiger partial charge in [0, 0.05) is 108 Å². The fourth-order valence-corrected chi connectivity index (χ4v) is 7.65. The quantitative estimate of drug-likeness (QED) is 0.0351. The topological polar surface area (TPSA) is 120 Å². The molecule has 0 amide bonds. The Labute approximate surface area is 346 Å². The van der Waals surface area contributed by atoms with Gasteiger partial charge in [-0.05, 0) is 172 Å². The average molecular weight is 784 g/mol. The maximum Gasteiger partial charge on any atom is 0.0362 e. The molecular formula is C48H81N9. The molecule has 0 saturated carbocycles. The highest BCUT2D eigenvalue weighted by atomic mass is 15.1. The van der Waals surface area contributed by atoms with Crippen molar-refractivity contribution in [3.8, 4) is 0 Å². The minimum Gasteiger partial charge on any atom is -0.364 e. The first-order valence-corrected chi connectivity index (χ1v) is 21.7. The summed E-state index contributed by atoms with van der Waals surface area (Å²) in [6.45, 7) is 39.8. The molecule has 0 unspecified atom stereocenters. The van der Waals surface area contributed by atoms with E-state index in [-0.39, 0.29) is 33.2 Å². The van der Waals surface area contributed by atoms with Crippen LogP contribution in [0.25, 0.3) is 0 Å². The lowest BCUT2D eigenvalue weighted by atomic mass is 9.79. The predicted molar refractivity (Wildman–Crippen MR) is 242 cm³/mol. The molecule has 3 aromatic heterocycles. The third-order valence-corrected chi connectivity index (χ3v) is 14.2. The second-order valence-electron chi connectivity index (χ2n) is 19.4. The monoisotopic (exact) mass is 784 g/mol. The van der Waals surface area contributed by atoms with Gasteiger partial charge in [0.15, 0.2) is 0 Å². The first kappa shape index (κ1) is 46.5. The van der Waals surface area contributed by atoms with Gasteiger partial charge in [-0.15, -0.1) is 0 Å². The van der Waals surface area contributed by atoms with Crippen molar-refractivity contribution in [2.45, 2.75) is 196 Å². The average Bonchev–Trinajstić information content (AvgIpc) is 3.97. The van der Waals surface area contributed by atoms with Crippen molar-refractivity contribution < 1.29 is 0 Å². The van der Waals surface area contributed by atoms with Crippen LogP contribution in [0.2, 0.25) is 0 Å². The maximum absolute atomic E-state index is 4.10. The summed E-state index contributed by atoms with van der Waals surface area (Å²) in [5.41, 5.74) is 11.3. The third-order valence-electron chi connectivity index (χ3n) is 14.2. The number of rotatable bonds is 24. The Morgan fingerprint density at radius 1 is 0.333 bits per heavy atom. The van der Waals surface area contributed by atoms with Gasteiger partial charge in [0.2, 0.25) is 0 Å². The van der Waals surface area contributed by atoms with Gasteiger partial charge in [0.1, 0.15) is 0 Å². The molecule has 0 spiro atoms. The van der Waals surface area contributed by atoms with Crippen LogP contribution in [0.3, 0.4) is 0 Å². The molecule has 0 aliphatic heterocycles. The smallest absolute Gasteiger partial charge is 0.0362 e. The number of H-pyrrole nitrogens is 3. The van der Waals surface area contributed by atoms with Crippen molar-refractivity contribution in [1.82, 2.24) is 46.9 Å². The van der Waals surface area contributed by atoms with Crippen LogP contribution in [-0.2, 0) is 58.5 Å². The van der Waals surface area contributed by atoms with E-state index in [1.165, 1.54) is 50.5 Å². The minimum atomic E-state index is -0.205. The van der Waals surface area contributed by atoms with Crippen LogP contribution in [0.5, 0.6) is 0 Å². The summed E-state index contributed by atoms with van der Waals surface area (Å²) in [7, 11) is 0. The molecule has 0 radical (unpaired) electrons. The molecule has 9 heteroatoms. The second kappa shape index (κ2) is 18.8. The third kappa shape index (κ3) is 11.1. The van der Waals surface area contributed by atoms with Gasteiger partial charge < -0.3 is 46.9 Å². The Morgan fingerprint density at radius 3 is 0.719 bits per heavy atom. The van der Waals surface area contributed by atoms with Gasteiger partial charge in [-0.25, -0.2) is 0 Å². The van der Waals surface area contributed by atoms with Gasteiger partial charge in [0.05, 0.1) is 0 Å². The van der Waals surface area contributed by atoms with Crippen LogP contribution in [-0.4, -0.2) is 48.2 Å². The van der Waals surface area contributed by atoms with E-state index in [0.29, 0.717) is 0 Å². The summed E-state index contributed by atoms with van der Waals surface area (Å²) in [5, 5.41) is 23.8. The number of hydrogen-bond donors (Lipinski definition) is 9. The van der Waals surface area contributed by atoms with Crippen LogP contribution in [0.1, 0.15) is 154 Å². The fourth-order valence-electron chi connectivity index (χ4n) is 7.65. The van der Waals surface area contributed by atoms with Gasteiger partial charge >= 0.3 is 0 Å². The lowest BCUT2D eigenvalue weighted by Crippen LogP contribution is -2.63. The first-order chi connectivity index (χ1) is 26.6. The first-order valence-electron chi connectivity index (χ1n) is 21.7. The number of benzene rings is 1. The Hall–Kier alpha value is -3.18. The molecular weight excluding hydrogens is 703 g/mol. The molecule has 4 aromatic rings. The van der Waals surface area contributed by atoms with Crippen LogP contribution in [0, 0.1) is 0 Å². The molecule has 318 valence electrons. The van der Waals surface area contributed by atoms with Crippen molar-refractivity contribution in [2.75, 3.05) is 0 Å². The number of hydrogen-bond acceptors (Lipinski definition) is 6. The van der Waals surface area contributed by atoms with E-state index in [9.17, 15) is 0 Å². The van der Waals surface area contributed by atoms with E-state index in [4.69, 9.17) is 0 Å². The van der Waals surface area contributed by atoms with E-state index < -0.39 is 0 Å². The minimum absolute atomic E-state index is 0.180. The summed E-state index contributed by atoms with van der Waals surface area (Å²) in [5.74, 6) is 0. The lowest BCUT2D eigenvalue weighted by Gasteiger charge is -2.45. The Bertz CT molecular complexity index is 1560. The van der Waals surface area contributed by atoms with E-state index in [1.54, 1.807) is 0 Å². The fraction of sp³-hybridized carbons (Fsp3) is 0.625. The zero-order valence-electron chi connectivity index (χ0n) is 38.6. The molecule has 57 heavy (non-hydrogen) atoms. The maximum atomic E-state index is 4.10. The Balaban J connectivity index is 1.72. The van der Waals surface area contributed by atoms with Crippen molar-refractivity contribution in [3.63, 3.8) is 0 Å². The molecule has 0 fully saturated rings. The van der Waals surface area contributed by atoms with Crippen LogP contribution in [0.4, 0.5) is 0 Å². The highest BCUT2D eigenvalue weighted by Crippen LogP contribution is 2.34. The van der Waals surface area contributed by atoms with Gasteiger partial charge in [0.25, 0.3) is 0 Å². The molecule has 9 nitrogen and oxygen atoms in total. The SMILES string of the molecule is CCc1c(CNC(C)(C)C(C)(C)NCc2ccc[nH]2)c(CC)c(CNC(C)(C)C(C)(C)NCc2ccc[nH]2)c(CC)c1CNC(C)(C)C(C)(C)NCc1ccc[nH]1. The largest absolute Gasteiger partial charge is 0.364 e. The van der Waals surface area contributed by atoms with Crippen molar-refractivity contribution >= 4 is 0 Å². The van der Waals surface area contributed by atoms with E-state index in [0.717, 1.165) is 58.5 Å². The summed E-state index contributed by atoms with van der Waals surface area (Å²) in [6, 6.07) is 12.6. The molecule has 1 aromatic carbocycles. The molecule has 0 bridgehead atoms. The molecule has 0 atom stereocenters. The molecule has 0 aliphatic rings. The normalized spacial score (nSPS) is 13.5. The van der Waals surface area contributed by atoms with Crippen LogP contribution >= 0.6 is 0 Å². The van der Waals surface area contributed by atoms with E-state index in [1.807, 2.05) is 18.6 Å². The molecule has 0 saturated heterocycles. The van der Waals surface area contributed by atoms with Crippen molar-refractivity contribution in [3.05, 3.63) is 105 Å². The summed E-state index contributed by atoms with van der Waals surface area (Å²) >= 11 is 0. The molecule has 3 heterocycles. The summed E-state index contributed by atoms with van der Waals surface area (Å²) in [4.78, 5) is 10.1. The highest BCUT2D eigenvalue weighted by Gasteiger charge is 2.40. The Morgan fingerprint density at radius 2 is 0.544 bits per heavy atom. The summed E-state index contributed by atoms with van der Waals surface area (Å²) in [6.07, 6.45) is 8.92. The van der Waals surface area contributed by atoms with E-state index in [2.05, 4.69) is 187 Å². The van der Waals surface area contributed by atoms with Crippen LogP contribution < -0.4 is 31.9 Å². The standard InChI is InChI=1S/C48H81N9/c1-16-37-40(31-55-46(10,11)43(4,5)52-28-34-22-19-25-49-34)38(17-2)42(33-57-48(14,15)45(8,9)54-30-36-24-21-27-51-36)39(18-3)41(37)32-56-47(12,13)44(6,7)53-29-35-23-20-26-50-35/h19-27,49-57H,16-18,28-33H2,1-15H3. The predicted octanol–water partition coefficient (Wildman–Crippen LogP) is 8.67. The molecule has 9 N–H and O–H groups in total. The van der Waals surface area contributed by atoms with Crippen molar-refractivity contribution in [1.29, 1.82) is 0 Å². The van der Waals surface area contributed by atoms with Crippen LogP contribution in [0.15, 0.2) is 55.0 Å². The molecule has 4 rings (SSSR count). The second-order valence-corrected chi connectivity index (χ2v) is 19.4. The van der Waals surface area contributed by atoms with Gasteiger partial charge in [-0.3, -0.25) is 0 Å². The number of aromatic nitrogens is 3. The lowest BCUT2D eigenvalue weighted by molar-refractivity contribution is 0.186. The molecule has 0 aliphatic carbocycles. The highest BCUT2D eigenvalue weighted by molar-refractivity contribution is 5.53. The Kier molecular flexibility index (Phi) is 15.4. The zero-order valence-corrected chi connectivity index (χ0v) is 38.6. The van der Waals surface area contributed by atoms with Crippen molar-refractivity contribution in [2.24, 2.45) is 0 Å².